The Balaban J connectivity index is 0.000000241. The Kier molecular flexibility index (Phi) is 11.0. The summed E-state index contributed by atoms with van der Waals surface area (Å²) in [5.41, 5.74) is 2.91. The minimum Gasteiger partial charge on any atom is -0.289 e. The van der Waals surface area contributed by atoms with Gasteiger partial charge in [0.15, 0.2) is 11.6 Å². The van der Waals surface area contributed by atoms with Crippen molar-refractivity contribution in [1.29, 1.82) is 0 Å². The van der Waals surface area contributed by atoms with Gasteiger partial charge in [0, 0.05) is 28.7 Å². The minimum atomic E-state index is -0.118. The third-order valence-electron chi connectivity index (χ3n) is 7.14. The molecule has 0 aromatic heterocycles. The number of nitrogens with zero attached hydrogens (tertiary/aromatic N) is 2. The average Bonchev–Trinajstić information content (AvgIpc) is 2.99. The monoisotopic (exact) mass is 508 g/mol. The zero-order valence-corrected chi connectivity index (χ0v) is 23.1. The summed E-state index contributed by atoms with van der Waals surface area (Å²) in [5.74, 6) is 0.186. The summed E-state index contributed by atoms with van der Waals surface area (Å²) in [6.07, 6.45) is 7.23. The van der Waals surface area contributed by atoms with Gasteiger partial charge >= 0.3 is 0 Å². The molecule has 0 spiro atoms. The maximum Gasteiger partial charge on any atom is 0.193 e. The molecule has 4 rings (SSSR count). The van der Waals surface area contributed by atoms with E-state index in [1.807, 2.05) is 97.1 Å². The van der Waals surface area contributed by atoms with Gasteiger partial charge in [-0.2, -0.15) is 0 Å². The fraction of sp³-hybridized carbons (Fsp3) is 0.294. The summed E-state index contributed by atoms with van der Waals surface area (Å²) in [5, 5.41) is 0. The number of likely N-dealkylation sites (N-methyl/N-ethyl adjacent to an activating group) is 2. The molecule has 38 heavy (non-hydrogen) atoms. The molecular weight excluding hydrogens is 468 g/mol. The molecule has 0 heterocycles. The van der Waals surface area contributed by atoms with Gasteiger partial charge in [0.05, 0.1) is 5.66 Å². The predicted molar refractivity (Wildman–Crippen MR) is 158 cm³/mol. The van der Waals surface area contributed by atoms with Crippen molar-refractivity contribution in [2.24, 2.45) is 0 Å². The van der Waals surface area contributed by atoms with E-state index < -0.39 is 0 Å². The highest BCUT2D eigenvalue weighted by Gasteiger charge is 2.38. The lowest BCUT2D eigenvalue weighted by Crippen LogP contribution is -2.59. The van der Waals surface area contributed by atoms with E-state index in [9.17, 15) is 9.59 Å². The lowest BCUT2D eigenvalue weighted by atomic mass is 9.89. The number of Topliss-reactive ketones (excluding diaryl/α,β-unsaturated/α-hetero) is 1. The smallest absolute Gasteiger partial charge is 0.193 e. The third-order valence-corrected chi connectivity index (χ3v) is 7.14. The summed E-state index contributed by atoms with van der Waals surface area (Å²) in [6, 6.07) is 28.1. The van der Waals surface area contributed by atoms with E-state index >= 15 is 0 Å². The van der Waals surface area contributed by atoms with Crippen LogP contribution in [0.15, 0.2) is 115 Å². The van der Waals surface area contributed by atoms with Gasteiger partial charge in [0.1, 0.15) is 0 Å². The molecule has 0 N–H and O–H groups in total. The quantitative estimate of drug-likeness (QED) is 0.217. The highest BCUT2D eigenvalue weighted by molar-refractivity contribution is 6.10. The molecule has 1 aliphatic carbocycles. The molecule has 0 radical (unpaired) electrons. The molecule has 0 saturated carbocycles. The Morgan fingerprint density at radius 3 is 1.29 bits per heavy atom. The number of rotatable bonds is 10. The number of benzene rings is 3. The third kappa shape index (κ3) is 6.83. The Bertz CT molecular complexity index is 1160. The summed E-state index contributed by atoms with van der Waals surface area (Å²) in [6.45, 7) is 12.8. The standard InChI is InChI=1S/C21H30N2O.C13H10O/c1-5-22(6-2)21(23(7-3)8-4)16-14-19(15-17-21)20(24)18-12-10-9-11-13-18;14-13(11-7-3-1-4-8-11)12-9-5-2-6-10-12/h9-16H,5-8,17H2,1-4H3;1-10H. The Morgan fingerprint density at radius 2 is 0.974 bits per heavy atom. The van der Waals surface area contributed by atoms with Crippen molar-refractivity contribution >= 4 is 11.6 Å². The van der Waals surface area contributed by atoms with Crippen LogP contribution in [0, 0.1) is 0 Å². The van der Waals surface area contributed by atoms with Crippen LogP contribution < -0.4 is 0 Å². The maximum absolute atomic E-state index is 12.7. The van der Waals surface area contributed by atoms with Crippen molar-refractivity contribution in [3.05, 3.63) is 131 Å². The molecule has 0 unspecified atom stereocenters. The van der Waals surface area contributed by atoms with Gasteiger partial charge in [-0.15, -0.1) is 0 Å². The van der Waals surface area contributed by atoms with Crippen LogP contribution in [-0.4, -0.2) is 53.2 Å². The van der Waals surface area contributed by atoms with Crippen LogP contribution in [0.4, 0.5) is 0 Å². The summed E-state index contributed by atoms with van der Waals surface area (Å²) >= 11 is 0. The first kappa shape index (κ1) is 29.0. The van der Waals surface area contributed by atoms with Gasteiger partial charge in [0.2, 0.25) is 0 Å². The van der Waals surface area contributed by atoms with E-state index in [1.165, 1.54) is 0 Å². The Hall–Kier alpha value is -3.60. The molecule has 3 aromatic carbocycles. The molecular formula is C34H40N2O2. The molecule has 0 aliphatic heterocycles. The second kappa shape index (κ2) is 14.4. The van der Waals surface area contributed by atoms with Crippen molar-refractivity contribution in [3.63, 3.8) is 0 Å². The van der Waals surface area contributed by atoms with Crippen molar-refractivity contribution in [1.82, 2.24) is 9.80 Å². The lowest BCUT2D eigenvalue weighted by Gasteiger charge is -2.49. The van der Waals surface area contributed by atoms with Crippen molar-refractivity contribution < 1.29 is 9.59 Å². The fourth-order valence-corrected chi connectivity index (χ4v) is 5.10. The average molecular weight is 509 g/mol. The molecule has 0 bridgehead atoms. The number of carbonyl (C=O) groups is 2. The highest BCUT2D eigenvalue weighted by atomic mass is 16.1. The maximum atomic E-state index is 12.7. The van der Waals surface area contributed by atoms with Crippen LogP contribution in [0.2, 0.25) is 0 Å². The van der Waals surface area contributed by atoms with Crippen molar-refractivity contribution in [2.45, 2.75) is 39.8 Å². The van der Waals surface area contributed by atoms with Gasteiger partial charge in [-0.05, 0) is 32.3 Å². The van der Waals surface area contributed by atoms with E-state index in [-0.39, 0.29) is 17.2 Å². The zero-order valence-electron chi connectivity index (χ0n) is 23.1. The molecule has 3 aromatic rings. The molecule has 198 valence electrons. The lowest BCUT2D eigenvalue weighted by molar-refractivity contribution is -0.00980. The van der Waals surface area contributed by atoms with Gasteiger partial charge in [-0.25, -0.2) is 0 Å². The molecule has 0 fully saturated rings. The number of ketones is 2. The van der Waals surface area contributed by atoms with Crippen molar-refractivity contribution in [2.75, 3.05) is 26.2 Å². The fourth-order valence-electron chi connectivity index (χ4n) is 5.10. The first-order valence-electron chi connectivity index (χ1n) is 13.6. The molecule has 0 atom stereocenters. The van der Waals surface area contributed by atoms with E-state index in [2.05, 4.69) is 49.6 Å². The predicted octanol–water partition coefficient (Wildman–Crippen LogP) is 7.05. The number of carbonyl (C=O) groups excluding carboxylic acids is 2. The number of hydrogen-bond donors (Lipinski definition) is 0. The topological polar surface area (TPSA) is 40.6 Å². The molecule has 4 heteroatoms. The van der Waals surface area contributed by atoms with Crippen LogP contribution in [0.1, 0.15) is 60.4 Å². The molecule has 0 amide bonds. The van der Waals surface area contributed by atoms with E-state index in [0.29, 0.717) is 0 Å². The Morgan fingerprint density at radius 1 is 0.605 bits per heavy atom. The van der Waals surface area contributed by atoms with Gasteiger partial charge < -0.3 is 0 Å². The largest absolute Gasteiger partial charge is 0.289 e. The van der Waals surface area contributed by atoms with Gasteiger partial charge in [0.25, 0.3) is 0 Å². The summed E-state index contributed by atoms with van der Waals surface area (Å²) < 4.78 is 0. The summed E-state index contributed by atoms with van der Waals surface area (Å²) in [7, 11) is 0. The molecule has 0 saturated heterocycles. The number of hydrogen-bond acceptors (Lipinski definition) is 4. The van der Waals surface area contributed by atoms with Crippen LogP contribution in [0.5, 0.6) is 0 Å². The van der Waals surface area contributed by atoms with E-state index in [4.69, 9.17) is 0 Å². The minimum absolute atomic E-state index is 0.0752. The van der Waals surface area contributed by atoms with Crippen LogP contribution in [-0.2, 0) is 0 Å². The van der Waals surface area contributed by atoms with E-state index in [0.717, 1.165) is 54.9 Å². The van der Waals surface area contributed by atoms with Crippen molar-refractivity contribution in [3.8, 4) is 0 Å². The second-order valence-corrected chi connectivity index (χ2v) is 9.18. The molecule has 4 nitrogen and oxygen atoms in total. The SMILES string of the molecule is CCN(CC)C1(N(CC)CC)C=CC(C(=O)c2ccccc2)=CC1.O=C(c1ccccc1)c1ccccc1. The highest BCUT2D eigenvalue weighted by Crippen LogP contribution is 2.32. The van der Waals surface area contributed by atoms with Crippen LogP contribution >= 0.6 is 0 Å². The number of allylic oxidation sites excluding steroid dienone is 2. The first-order chi connectivity index (χ1) is 18.5. The Labute approximate surface area is 228 Å². The van der Waals surface area contributed by atoms with Crippen LogP contribution in [0.3, 0.4) is 0 Å². The molecule has 1 aliphatic rings. The van der Waals surface area contributed by atoms with Gasteiger partial charge in [-0.1, -0.05) is 131 Å². The first-order valence-corrected chi connectivity index (χ1v) is 13.6. The van der Waals surface area contributed by atoms with Gasteiger partial charge in [-0.3, -0.25) is 19.4 Å². The van der Waals surface area contributed by atoms with Crippen LogP contribution in [0.25, 0.3) is 0 Å². The zero-order chi connectivity index (χ0) is 27.4. The van der Waals surface area contributed by atoms with E-state index in [1.54, 1.807) is 0 Å². The second-order valence-electron chi connectivity index (χ2n) is 9.18. The normalized spacial score (nSPS) is 14.0. The summed E-state index contributed by atoms with van der Waals surface area (Å²) in [4.78, 5) is 29.5.